The first-order valence-corrected chi connectivity index (χ1v) is 9.49. The van der Waals surface area contributed by atoms with E-state index in [0.717, 1.165) is 34.3 Å². The Balaban J connectivity index is 1.76. The van der Waals surface area contributed by atoms with E-state index in [1.807, 2.05) is 30.3 Å². The van der Waals surface area contributed by atoms with Crippen molar-refractivity contribution in [2.75, 3.05) is 5.32 Å². The van der Waals surface area contributed by atoms with E-state index in [9.17, 15) is 8.78 Å². The first kappa shape index (κ1) is 17.5. The molecule has 0 atom stereocenters. The fourth-order valence-electron chi connectivity index (χ4n) is 2.85. The third-order valence-electron chi connectivity index (χ3n) is 4.23. The molecule has 0 aliphatic rings. The van der Waals surface area contributed by atoms with Crippen LogP contribution in [0.1, 0.15) is 23.2 Å². The monoisotopic (exact) mass is 381 g/mol. The maximum atomic E-state index is 13.6. The Hall–Kier alpha value is -2.86. The smallest absolute Gasteiger partial charge is 0.160 e. The zero-order chi connectivity index (χ0) is 18.8. The minimum absolute atomic E-state index is 0.448. The van der Waals surface area contributed by atoms with Gasteiger partial charge in [0.2, 0.25) is 0 Å². The number of anilines is 2. The van der Waals surface area contributed by atoms with Gasteiger partial charge in [0.15, 0.2) is 11.6 Å². The van der Waals surface area contributed by atoms with Gasteiger partial charge in [-0.1, -0.05) is 37.3 Å². The summed E-state index contributed by atoms with van der Waals surface area (Å²) >= 11 is 1.63. The zero-order valence-electron chi connectivity index (χ0n) is 14.7. The first-order valence-electron chi connectivity index (χ1n) is 8.67. The lowest BCUT2D eigenvalue weighted by Gasteiger charge is -2.09. The van der Waals surface area contributed by atoms with Crippen LogP contribution in [-0.2, 0) is 12.8 Å². The molecule has 3 nitrogen and oxygen atoms in total. The molecule has 0 aliphatic heterocycles. The lowest BCUT2D eigenvalue weighted by atomic mass is 10.1. The molecule has 4 rings (SSSR count). The summed E-state index contributed by atoms with van der Waals surface area (Å²) in [5.74, 6) is -0.479. The van der Waals surface area contributed by atoms with Gasteiger partial charge in [-0.25, -0.2) is 18.7 Å². The van der Waals surface area contributed by atoms with Crippen LogP contribution >= 0.6 is 11.3 Å². The van der Waals surface area contributed by atoms with Crippen LogP contribution in [0, 0.1) is 11.6 Å². The van der Waals surface area contributed by atoms with E-state index in [4.69, 9.17) is 4.98 Å². The van der Waals surface area contributed by atoms with E-state index < -0.39 is 11.6 Å². The summed E-state index contributed by atoms with van der Waals surface area (Å²) in [5, 5.41) is 4.01. The first-order chi connectivity index (χ1) is 13.1. The van der Waals surface area contributed by atoms with Crippen LogP contribution in [0.15, 0.2) is 54.6 Å². The molecular formula is C21H17F2N3S. The van der Waals surface area contributed by atoms with Crippen LogP contribution in [0.5, 0.6) is 0 Å². The normalized spacial score (nSPS) is 11.1. The third-order valence-corrected chi connectivity index (χ3v) is 5.40. The molecule has 136 valence electrons. The molecule has 1 N–H and O–H groups in total. The Bertz CT molecular complexity index is 1090. The van der Waals surface area contributed by atoms with E-state index in [1.54, 1.807) is 11.3 Å². The quantitative estimate of drug-likeness (QED) is 0.470. The Kier molecular flexibility index (Phi) is 4.81. The molecule has 0 unspecified atom stereocenters. The summed E-state index contributed by atoms with van der Waals surface area (Å²) < 4.78 is 26.8. The largest absolute Gasteiger partial charge is 0.339 e. The number of fused-ring (bicyclic) bond motifs is 1. The molecule has 27 heavy (non-hydrogen) atoms. The number of rotatable bonds is 5. The highest BCUT2D eigenvalue weighted by Crippen LogP contribution is 2.31. The van der Waals surface area contributed by atoms with Crippen molar-refractivity contribution in [2.45, 2.75) is 19.8 Å². The highest BCUT2D eigenvalue weighted by atomic mass is 32.1. The van der Waals surface area contributed by atoms with Gasteiger partial charge < -0.3 is 5.32 Å². The fourth-order valence-corrected chi connectivity index (χ4v) is 3.84. The standard InChI is InChI=1S/C21H17F2N3S/c1-2-15-12-16-20(24-14-8-9-17(22)18(23)11-14)25-19(26-21(16)27-15)10-13-6-4-3-5-7-13/h3-9,11-12H,2,10H2,1H3,(H,24,25,26). The predicted octanol–water partition coefficient (Wildman–Crippen LogP) is 5.87. The van der Waals surface area contributed by atoms with Gasteiger partial charge in [-0.15, -0.1) is 11.3 Å². The minimum atomic E-state index is -0.894. The Labute approximate surface area is 159 Å². The summed E-state index contributed by atoms with van der Waals surface area (Å²) in [5.41, 5.74) is 1.56. The molecule has 4 aromatic rings. The molecule has 0 amide bonds. The van der Waals surface area contributed by atoms with Crippen LogP contribution in [-0.4, -0.2) is 9.97 Å². The molecule has 0 saturated carbocycles. The van der Waals surface area contributed by atoms with Crippen molar-refractivity contribution in [3.8, 4) is 0 Å². The van der Waals surface area contributed by atoms with E-state index in [2.05, 4.69) is 23.3 Å². The van der Waals surface area contributed by atoms with Crippen molar-refractivity contribution in [3.63, 3.8) is 0 Å². The van der Waals surface area contributed by atoms with Crippen molar-refractivity contribution >= 4 is 33.1 Å². The number of nitrogens with one attached hydrogen (secondary N) is 1. The Morgan fingerprint density at radius 1 is 0.963 bits per heavy atom. The summed E-state index contributed by atoms with van der Waals surface area (Å²) in [6.45, 7) is 2.09. The molecule has 0 radical (unpaired) electrons. The molecule has 0 aliphatic carbocycles. The highest BCUT2D eigenvalue weighted by molar-refractivity contribution is 7.18. The third kappa shape index (κ3) is 3.80. The van der Waals surface area contributed by atoms with Crippen LogP contribution in [0.25, 0.3) is 10.2 Å². The topological polar surface area (TPSA) is 37.8 Å². The van der Waals surface area contributed by atoms with Gasteiger partial charge in [-0.05, 0) is 30.2 Å². The SMILES string of the molecule is CCc1cc2c(Nc3ccc(F)c(F)c3)nc(Cc3ccccc3)nc2s1. The Morgan fingerprint density at radius 2 is 1.78 bits per heavy atom. The summed E-state index contributed by atoms with van der Waals surface area (Å²) in [7, 11) is 0. The number of aryl methyl sites for hydroxylation is 1. The van der Waals surface area contributed by atoms with Crippen molar-refractivity contribution in [2.24, 2.45) is 0 Å². The molecule has 0 fully saturated rings. The lowest BCUT2D eigenvalue weighted by molar-refractivity contribution is 0.509. The van der Waals surface area contributed by atoms with Crippen molar-refractivity contribution in [3.05, 3.63) is 82.5 Å². The fraction of sp³-hybridized carbons (Fsp3) is 0.143. The van der Waals surface area contributed by atoms with E-state index in [1.165, 1.54) is 10.9 Å². The number of halogens is 2. The second-order valence-electron chi connectivity index (χ2n) is 6.19. The molecule has 6 heteroatoms. The molecule has 2 aromatic heterocycles. The number of nitrogens with zero attached hydrogens (tertiary/aromatic N) is 2. The highest BCUT2D eigenvalue weighted by Gasteiger charge is 2.13. The van der Waals surface area contributed by atoms with Gasteiger partial charge in [0.05, 0.1) is 5.39 Å². The number of thiophene rings is 1. The van der Waals surface area contributed by atoms with Crippen LogP contribution < -0.4 is 5.32 Å². The molecule has 0 spiro atoms. The number of hydrogen-bond donors (Lipinski definition) is 1. The van der Waals surface area contributed by atoms with Gasteiger partial charge >= 0.3 is 0 Å². The van der Waals surface area contributed by atoms with Crippen LogP contribution in [0.4, 0.5) is 20.3 Å². The van der Waals surface area contributed by atoms with Gasteiger partial charge in [0.1, 0.15) is 16.5 Å². The van der Waals surface area contributed by atoms with Gasteiger partial charge in [-0.3, -0.25) is 0 Å². The van der Waals surface area contributed by atoms with E-state index in [0.29, 0.717) is 23.8 Å². The summed E-state index contributed by atoms with van der Waals surface area (Å²) in [6, 6.07) is 15.8. The van der Waals surface area contributed by atoms with Gasteiger partial charge in [0.25, 0.3) is 0 Å². The van der Waals surface area contributed by atoms with Crippen molar-refractivity contribution < 1.29 is 8.78 Å². The second kappa shape index (κ2) is 7.40. The van der Waals surface area contributed by atoms with Crippen LogP contribution in [0.3, 0.4) is 0 Å². The van der Waals surface area contributed by atoms with E-state index >= 15 is 0 Å². The summed E-state index contributed by atoms with van der Waals surface area (Å²) in [6.07, 6.45) is 1.50. The molecular weight excluding hydrogens is 364 g/mol. The van der Waals surface area contributed by atoms with Gasteiger partial charge in [-0.2, -0.15) is 0 Å². The minimum Gasteiger partial charge on any atom is -0.339 e. The number of hydrogen-bond acceptors (Lipinski definition) is 4. The maximum absolute atomic E-state index is 13.6. The van der Waals surface area contributed by atoms with E-state index in [-0.39, 0.29) is 0 Å². The second-order valence-corrected chi connectivity index (χ2v) is 7.30. The molecule has 2 heterocycles. The average molecular weight is 381 g/mol. The van der Waals surface area contributed by atoms with Crippen LogP contribution in [0.2, 0.25) is 0 Å². The lowest BCUT2D eigenvalue weighted by Crippen LogP contribution is -2.02. The zero-order valence-corrected chi connectivity index (χ0v) is 15.5. The molecule has 0 saturated heterocycles. The van der Waals surface area contributed by atoms with Crippen molar-refractivity contribution in [1.82, 2.24) is 9.97 Å². The number of benzene rings is 2. The van der Waals surface area contributed by atoms with Gasteiger partial charge in [0, 0.05) is 23.1 Å². The summed E-state index contributed by atoms with van der Waals surface area (Å²) in [4.78, 5) is 11.5. The molecule has 0 bridgehead atoms. The Morgan fingerprint density at radius 3 is 2.52 bits per heavy atom. The number of aromatic nitrogens is 2. The maximum Gasteiger partial charge on any atom is 0.160 e. The average Bonchev–Trinajstić information content (AvgIpc) is 3.09. The predicted molar refractivity (Wildman–Crippen MR) is 106 cm³/mol. The van der Waals surface area contributed by atoms with Crippen molar-refractivity contribution in [1.29, 1.82) is 0 Å². The molecule has 2 aromatic carbocycles.